The summed E-state index contributed by atoms with van der Waals surface area (Å²) in [6.07, 6.45) is 2.87. The quantitative estimate of drug-likeness (QED) is 0.886. The van der Waals surface area contributed by atoms with Crippen LogP contribution in [0.4, 0.5) is 0 Å². The first-order chi connectivity index (χ1) is 8.67. The van der Waals surface area contributed by atoms with Gasteiger partial charge >= 0.3 is 0 Å². The minimum atomic E-state index is -0.381. The SMILES string of the molecule is CNC(=O)C1(c2ccc(OC)c(OC)c2)CCC1. The van der Waals surface area contributed by atoms with E-state index in [1.54, 1.807) is 21.3 Å². The molecule has 1 N–H and O–H groups in total. The Labute approximate surface area is 107 Å². The first-order valence-corrected chi connectivity index (χ1v) is 6.12. The second-order valence-corrected chi connectivity index (χ2v) is 4.58. The Hall–Kier alpha value is -1.71. The fourth-order valence-electron chi connectivity index (χ4n) is 2.55. The van der Waals surface area contributed by atoms with Gasteiger partial charge in [0, 0.05) is 7.05 Å². The molecule has 1 fully saturated rings. The number of nitrogens with one attached hydrogen (secondary N) is 1. The molecular formula is C14H19NO3. The van der Waals surface area contributed by atoms with E-state index in [1.807, 2.05) is 18.2 Å². The topological polar surface area (TPSA) is 47.6 Å². The third kappa shape index (κ3) is 1.82. The van der Waals surface area contributed by atoms with Gasteiger partial charge in [-0.1, -0.05) is 12.5 Å². The zero-order valence-electron chi connectivity index (χ0n) is 11.1. The molecule has 1 amide bonds. The summed E-state index contributed by atoms with van der Waals surface area (Å²) in [7, 11) is 4.90. The lowest BCUT2D eigenvalue weighted by atomic mass is 9.64. The fourth-order valence-corrected chi connectivity index (χ4v) is 2.55. The van der Waals surface area contributed by atoms with Crippen LogP contribution in [0.25, 0.3) is 0 Å². The number of hydrogen-bond donors (Lipinski definition) is 1. The van der Waals surface area contributed by atoms with Crippen LogP contribution in [0.5, 0.6) is 11.5 Å². The number of carbonyl (C=O) groups is 1. The zero-order valence-corrected chi connectivity index (χ0v) is 11.1. The predicted molar refractivity (Wildman–Crippen MR) is 69.1 cm³/mol. The van der Waals surface area contributed by atoms with E-state index in [9.17, 15) is 4.79 Å². The molecule has 0 spiro atoms. The number of amides is 1. The van der Waals surface area contributed by atoms with Crippen molar-refractivity contribution in [3.63, 3.8) is 0 Å². The van der Waals surface area contributed by atoms with Gasteiger partial charge in [-0.2, -0.15) is 0 Å². The smallest absolute Gasteiger partial charge is 0.230 e. The molecule has 98 valence electrons. The van der Waals surface area contributed by atoms with Gasteiger partial charge in [0.1, 0.15) is 0 Å². The van der Waals surface area contributed by atoms with Gasteiger partial charge in [-0.05, 0) is 30.5 Å². The van der Waals surface area contributed by atoms with Crippen LogP contribution < -0.4 is 14.8 Å². The van der Waals surface area contributed by atoms with E-state index in [0.29, 0.717) is 11.5 Å². The zero-order chi connectivity index (χ0) is 13.2. The van der Waals surface area contributed by atoms with Crippen LogP contribution in [0.1, 0.15) is 24.8 Å². The van der Waals surface area contributed by atoms with Crippen LogP contribution in [-0.4, -0.2) is 27.2 Å². The summed E-state index contributed by atoms with van der Waals surface area (Å²) in [4.78, 5) is 12.1. The van der Waals surface area contributed by atoms with Crippen molar-refractivity contribution in [3.8, 4) is 11.5 Å². The molecule has 0 saturated heterocycles. The van der Waals surface area contributed by atoms with Gasteiger partial charge in [-0.3, -0.25) is 4.79 Å². The average molecular weight is 249 g/mol. The van der Waals surface area contributed by atoms with Crippen molar-refractivity contribution in [2.75, 3.05) is 21.3 Å². The van der Waals surface area contributed by atoms with Crippen LogP contribution in [0.15, 0.2) is 18.2 Å². The minimum absolute atomic E-state index is 0.0842. The fraction of sp³-hybridized carbons (Fsp3) is 0.500. The molecule has 1 aliphatic carbocycles. The molecule has 1 aromatic carbocycles. The Morgan fingerprint density at radius 1 is 1.22 bits per heavy atom. The van der Waals surface area contributed by atoms with E-state index in [-0.39, 0.29) is 11.3 Å². The normalized spacial score (nSPS) is 16.6. The number of carbonyl (C=O) groups excluding carboxylic acids is 1. The molecule has 0 heterocycles. The Balaban J connectivity index is 2.41. The lowest BCUT2D eigenvalue weighted by Crippen LogP contribution is -2.48. The molecule has 1 aliphatic rings. The van der Waals surface area contributed by atoms with Crippen LogP contribution in [0, 0.1) is 0 Å². The molecule has 18 heavy (non-hydrogen) atoms. The largest absolute Gasteiger partial charge is 0.493 e. The van der Waals surface area contributed by atoms with Crippen molar-refractivity contribution < 1.29 is 14.3 Å². The maximum absolute atomic E-state index is 12.1. The van der Waals surface area contributed by atoms with Gasteiger partial charge in [-0.15, -0.1) is 0 Å². The third-order valence-corrected chi connectivity index (χ3v) is 3.80. The summed E-state index contributed by atoms with van der Waals surface area (Å²) in [5.41, 5.74) is 0.625. The monoisotopic (exact) mass is 249 g/mol. The van der Waals surface area contributed by atoms with Gasteiger partial charge in [0.2, 0.25) is 5.91 Å². The van der Waals surface area contributed by atoms with Gasteiger partial charge < -0.3 is 14.8 Å². The number of likely N-dealkylation sites (N-methyl/N-ethyl adjacent to an activating group) is 1. The molecule has 0 atom stereocenters. The first kappa shape index (κ1) is 12.7. The van der Waals surface area contributed by atoms with Crippen molar-refractivity contribution in [2.45, 2.75) is 24.7 Å². The van der Waals surface area contributed by atoms with Gasteiger partial charge in [-0.25, -0.2) is 0 Å². The molecule has 2 rings (SSSR count). The number of methoxy groups -OCH3 is 2. The van der Waals surface area contributed by atoms with Crippen molar-refractivity contribution in [3.05, 3.63) is 23.8 Å². The van der Waals surface area contributed by atoms with Gasteiger partial charge in [0.05, 0.1) is 19.6 Å². The van der Waals surface area contributed by atoms with Crippen molar-refractivity contribution >= 4 is 5.91 Å². The highest BCUT2D eigenvalue weighted by Crippen LogP contribution is 2.45. The lowest BCUT2D eigenvalue weighted by molar-refractivity contribution is -0.129. The maximum Gasteiger partial charge on any atom is 0.230 e. The summed E-state index contributed by atoms with van der Waals surface area (Å²) >= 11 is 0. The van der Waals surface area contributed by atoms with E-state index in [2.05, 4.69) is 5.32 Å². The third-order valence-electron chi connectivity index (χ3n) is 3.80. The highest BCUT2D eigenvalue weighted by Gasteiger charge is 2.45. The van der Waals surface area contributed by atoms with E-state index in [4.69, 9.17) is 9.47 Å². The molecule has 1 saturated carbocycles. The minimum Gasteiger partial charge on any atom is -0.493 e. The summed E-state index contributed by atoms with van der Waals surface area (Å²) in [6, 6.07) is 5.72. The van der Waals surface area contributed by atoms with Crippen LogP contribution in [-0.2, 0) is 10.2 Å². The highest BCUT2D eigenvalue weighted by atomic mass is 16.5. The molecule has 1 aromatic rings. The van der Waals surface area contributed by atoms with Crippen LogP contribution >= 0.6 is 0 Å². The number of ether oxygens (including phenoxy) is 2. The summed E-state index contributed by atoms with van der Waals surface area (Å²) in [5.74, 6) is 1.44. The number of hydrogen-bond acceptors (Lipinski definition) is 3. The van der Waals surface area contributed by atoms with E-state index < -0.39 is 0 Å². The van der Waals surface area contributed by atoms with Crippen LogP contribution in [0.3, 0.4) is 0 Å². The number of benzene rings is 1. The second kappa shape index (κ2) is 4.88. The summed E-state index contributed by atoms with van der Waals surface area (Å²) < 4.78 is 10.5. The van der Waals surface area contributed by atoms with Crippen molar-refractivity contribution in [1.29, 1.82) is 0 Å². The first-order valence-electron chi connectivity index (χ1n) is 6.12. The van der Waals surface area contributed by atoms with Gasteiger partial charge in [0.25, 0.3) is 0 Å². The van der Waals surface area contributed by atoms with E-state index in [0.717, 1.165) is 24.8 Å². The summed E-state index contributed by atoms with van der Waals surface area (Å²) in [5, 5.41) is 2.76. The molecule has 0 radical (unpaired) electrons. The Morgan fingerprint density at radius 2 is 1.89 bits per heavy atom. The Morgan fingerprint density at radius 3 is 2.33 bits per heavy atom. The van der Waals surface area contributed by atoms with E-state index >= 15 is 0 Å². The maximum atomic E-state index is 12.1. The lowest BCUT2D eigenvalue weighted by Gasteiger charge is -2.40. The number of rotatable bonds is 4. The molecule has 4 nitrogen and oxygen atoms in total. The van der Waals surface area contributed by atoms with Crippen molar-refractivity contribution in [1.82, 2.24) is 5.32 Å². The highest BCUT2D eigenvalue weighted by molar-refractivity contribution is 5.89. The van der Waals surface area contributed by atoms with Crippen molar-refractivity contribution in [2.24, 2.45) is 0 Å². The molecular weight excluding hydrogens is 230 g/mol. The molecule has 0 aliphatic heterocycles. The second-order valence-electron chi connectivity index (χ2n) is 4.58. The van der Waals surface area contributed by atoms with Crippen LogP contribution in [0.2, 0.25) is 0 Å². The van der Waals surface area contributed by atoms with E-state index in [1.165, 1.54) is 0 Å². The molecule has 0 bridgehead atoms. The Bertz CT molecular complexity index is 452. The average Bonchev–Trinajstić information content (AvgIpc) is 2.36. The molecule has 0 unspecified atom stereocenters. The Kier molecular flexibility index (Phi) is 3.45. The molecule has 4 heteroatoms. The summed E-state index contributed by atoms with van der Waals surface area (Å²) in [6.45, 7) is 0. The van der Waals surface area contributed by atoms with Gasteiger partial charge in [0.15, 0.2) is 11.5 Å². The standard InChI is InChI=1S/C14H19NO3/c1-15-13(16)14(7-4-8-14)10-5-6-11(17-2)12(9-10)18-3/h5-6,9H,4,7-8H2,1-3H3,(H,15,16). The predicted octanol–water partition coefficient (Wildman–Crippen LogP) is 1.87. The molecule has 0 aromatic heterocycles.